The summed E-state index contributed by atoms with van der Waals surface area (Å²) in [6.07, 6.45) is 0.362. The zero-order chi connectivity index (χ0) is 15.6. The van der Waals surface area contributed by atoms with E-state index in [4.69, 9.17) is 21.1 Å². The maximum Gasteiger partial charge on any atom is 0.358 e. The van der Waals surface area contributed by atoms with Gasteiger partial charge in [0.15, 0.2) is 0 Å². The van der Waals surface area contributed by atoms with Gasteiger partial charge in [0.25, 0.3) is 5.60 Å². The number of ether oxygens (including phenoxy) is 2. The summed E-state index contributed by atoms with van der Waals surface area (Å²) in [6.45, 7) is 1.72. The Hall–Kier alpha value is -1.88. The molecule has 5 nitrogen and oxygen atoms in total. The Morgan fingerprint density at radius 1 is 1.38 bits per heavy atom. The fraction of sp³-hybridized carbons (Fsp3) is 0.400. The molecule has 1 aliphatic heterocycles. The van der Waals surface area contributed by atoms with E-state index in [0.29, 0.717) is 11.4 Å². The summed E-state index contributed by atoms with van der Waals surface area (Å²) in [5, 5.41) is 0.371. The molecular weight excluding hydrogens is 296 g/mol. The Bertz CT molecular complexity index is 610. The average molecular weight is 311 g/mol. The largest absolute Gasteiger partial charge is 0.466 e. The molecule has 1 aromatic carbocycles. The van der Waals surface area contributed by atoms with Crippen LogP contribution in [0.25, 0.3) is 0 Å². The number of hydrogen-bond donors (Lipinski definition) is 0. The first kappa shape index (κ1) is 15.5. The molecule has 6 heteroatoms. The molecule has 0 radical (unpaired) electrons. The fourth-order valence-corrected chi connectivity index (χ4v) is 2.45. The lowest BCUT2D eigenvalue weighted by molar-refractivity contribution is -0.154. The van der Waals surface area contributed by atoms with Crippen LogP contribution in [0.5, 0.6) is 5.75 Å². The lowest BCUT2D eigenvalue weighted by Gasteiger charge is -2.23. The molecular formula is C15H15ClO5. The van der Waals surface area contributed by atoms with Crippen molar-refractivity contribution in [3.8, 4) is 5.75 Å². The van der Waals surface area contributed by atoms with Crippen molar-refractivity contribution in [3.05, 3.63) is 28.8 Å². The van der Waals surface area contributed by atoms with E-state index in [9.17, 15) is 14.4 Å². The summed E-state index contributed by atoms with van der Waals surface area (Å²) in [5.74, 6) is -1.10. The monoisotopic (exact) mass is 310 g/mol. The minimum atomic E-state index is -1.79. The van der Waals surface area contributed by atoms with Gasteiger partial charge >= 0.3 is 5.97 Å². The van der Waals surface area contributed by atoms with Crippen molar-refractivity contribution in [3.63, 3.8) is 0 Å². The zero-order valence-corrected chi connectivity index (χ0v) is 12.5. The van der Waals surface area contributed by atoms with E-state index in [1.54, 1.807) is 13.0 Å². The molecule has 1 atom stereocenters. The number of fused-ring (bicyclic) bond motifs is 1. The maximum atomic E-state index is 12.6. The highest BCUT2D eigenvalue weighted by Crippen LogP contribution is 2.39. The second-order valence-corrected chi connectivity index (χ2v) is 5.22. The predicted molar refractivity (Wildman–Crippen MR) is 75.7 cm³/mol. The number of benzene rings is 1. The summed E-state index contributed by atoms with van der Waals surface area (Å²) in [5.41, 5.74) is -1.55. The lowest BCUT2D eigenvalue weighted by Crippen LogP contribution is -2.49. The number of carbonyl (C=O) groups is 3. The van der Waals surface area contributed by atoms with Crippen LogP contribution in [-0.4, -0.2) is 30.2 Å². The highest BCUT2D eigenvalue weighted by atomic mass is 35.5. The topological polar surface area (TPSA) is 69.7 Å². The molecule has 0 fully saturated rings. The van der Waals surface area contributed by atoms with E-state index < -0.39 is 17.4 Å². The predicted octanol–water partition coefficient (Wildman–Crippen LogP) is 2.59. The number of rotatable bonds is 5. The third-order valence-electron chi connectivity index (χ3n) is 3.50. The van der Waals surface area contributed by atoms with E-state index >= 15 is 0 Å². The standard InChI is InChI=1S/C15H15ClO5/c1-3-10(17)6-7-15(14(19)20-2)13(18)11-8-9(16)4-5-12(11)21-15/h4-5,8H,3,6-7H2,1-2H3/t15-/m0/s1. The lowest BCUT2D eigenvalue weighted by atomic mass is 9.89. The minimum absolute atomic E-state index is 0.0442. The molecule has 0 bridgehead atoms. The Morgan fingerprint density at radius 2 is 2.10 bits per heavy atom. The van der Waals surface area contributed by atoms with Gasteiger partial charge in [0.05, 0.1) is 12.7 Å². The molecule has 0 saturated carbocycles. The second-order valence-electron chi connectivity index (χ2n) is 4.78. The molecule has 112 valence electrons. The van der Waals surface area contributed by atoms with Crippen molar-refractivity contribution in [2.24, 2.45) is 0 Å². The van der Waals surface area contributed by atoms with Crippen LogP contribution in [0.3, 0.4) is 0 Å². The fourth-order valence-electron chi connectivity index (χ4n) is 2.28. The van der Waals surface area contributed by atoms with Gasteiger partial charge in [-0.15, -0.1) is 0 Å². The van der Waals surface area contributed by atoms with Gasteiger partial charge in [0.2, 0.25) is 5.78 Å². The second kappa shape index (κ2) is 5.85. The number of carbonyl (C=O) groups excluding carboxylic acids is 3. The maximum absolute atomic E-state index is 12.6. The first-order valence-electron chi connectivity index (χ1n) is 6.58. The van der Waals surface area contributed by atoms with E-state index in [2.05, 4.69) is 0 Å². The van der Waals surface area contributed by atoms with Gasteiger partial charge in [0.1, 0.15) is 11.5 Å². The SMILES string of the molecule is CCC(=O)CC[C@]1(C(=O)OC)Oc2ccc(Cl)cc2C1=O. The van der Waals surface area contributed by atoms with Crippen LogP contribution in [0.4, 0.5) is 0 Å². The van der Waals surface area contributed by atoms with Crippen molar-refractivity contribution in [1.29, 1.82) is 0 Å². The molecule has 1 aromatic rings. The molecule has 0 aromatic heterocycles. The quantitative estimate of drug-likeness (QED) is 0.617. The number of esters is 1. The van der Waals surface area contributed by atoms with Gasteiger partial charge in [-0.1, -0.05) is 18.5 Å². The van der Waals surface area contributed by atoms with Gasteiger partial charge in [-0.05, 0) is 18.2 Å². The summed E-state index contributed by atoms with van der Waals surface area (Å²) in [7, 11) is 1.18. The number of ketones is 2. The molecule has 1 heterocycles. The van der Waals surface area contributed by atoms with Crippen LogP contribution >= 0.6 is 11.6 Å². The van der Waals surface area contributed by atoms with Crippen molar-refractivity contribution in [2.45, 2.75) is 31.8 Å². The van der Waals surface area contributed by atoms with Crippen LogP contribution in [0, 0.1) is 0 Å². The first-order valence-corrected chi connectivity index (χ1v) is 6.96. The Kier molecular flexibility index (Phi) is 4.32. The molecule has 21 heavy (non-hydrogen) atoms. The average Bonchev–Trinajstić information content (AvgIpc) is 2.77. The van der Waals surface area contributed by atoms with Crippen LogP contribution in [-0.2, 0) is 14.3 Å². The molecule has 0 amide bonds. The van der Waals surface area contributed by atoms with Crippen molar-refractivity contribution in [2.75, 3.05) is 7.11 Å². The summed E-state index contributed by atoms with van der Waals surface area (Å²) < 4.78 is 10.3. The van der Waals surface area contributed by atoms with Gasteiger partial charge < -0.3 is 9.47 Å². The normalized spacial score (nSPS) is 19.9. The van der Waals surface area contributed by atoms with Crippen LogP contribution in [0.2, 0.25) is 5.02 Å². The number of hydrogen-bond acceptors (Lipinski definition) is 5. The Labute approximate surface area is 127 Å². The molecule has 0 saturated heterocycles. The third kappa shape index (κ3) is 2.65. The number of methoxy groups -OCH3 is 1. The van der Waals surface area contributed by atoms with E-state index in [1.807, 2.05) is 0 Å². The molecule has 0 aliphatic carbocycles. The zero-order valence-electron chi connectivity index (χ0n) is 11.8. The Balaban J connectivity index is 2.38. The summed E-state index contributed by atoms with van der Waals surface area (Å²) in [4.78, 5) is 36.2. The van der Waals surface area contributed by atoms with E-state index in [-0.39, 0.29) is 29.9 Å². The number of Topliss-reactive ketones (excluding diaryl/α,β-unsaturated/α-hetero) is 2. The molecule has 0 N–H and O–H groups in total. The van der Waals surface area contributed by atoms with Crippen molar-refractivity contribution >= 4 is 29.1 Å². The number of halogens is 1. The molecule has 1 aliphatic rings. The van der Waals surface area contributed by atoms with Crippen molar-refractivity contribution < 1.29 is 23.9 Å². The van der Waals surface area contributed by atoms with Crippen LogP contribution in [0.15, 0.2) is 18.2 Å². The van der Waals surface area contributed by atoms with Crippen molar-refractivity contribution in [1.82, 2.24) is 0 Å². The van der Waals surface area contributed by atoms with Gasteiger partial charge in [-0.25, -0.2) is 4.79 Å². The molecule has 0 unspecified atom stereocenters. The van der Waals surface area contributed by atoms with Gasteiger partial charge in [0, 0.05) is 24.3 Å². The van der Waals surface area contributed by atoms with Gasteiger partial charge in [-0.3, -0.25) is 9.59 Å². The van der Waals surface area contributed by atoms with Gasteiger partial charge in [-0.2, -0.15) is 0 Å². The van der Waals surface area contributed by atoms with Crippen LogP contribution in [0.1, 0.15) is 36.5 Å². The smallest absolute Gasteiger partial charge is 0.358 e. The first-order chi connectivity index (χ1) is 9.94. The van der Waals surface area contributed by atoms with Crippen LogP contribution < -0.4 is 4.74 Å². The summed E-state index contributed by atoms with van der Waals surface area (Å²) >= 11 is 5.87. The van der Waals surface area contributed by atoms with E-state index in [1.165, 1.54) is 19.2 Å². The summed E-state index contributed by atoms with van der Waals surface area (Å²) in [6, 6.07) is 4.55. The third-order valence-corrected chi connectivity index (χ3v) is 3.74. The highest BCUT2D eigenvalue weighted by Gasteiger charge is 2.55. The molecule has 2 rings (SSSR count). The minimum Gasteiger partial charge on any atom is -0.466 e. The molecule has 0 spiro atoms. The Morgan fingerprint density at radius 3 is 2.71 bits per heavy atom. The van der Waals surface area contributed by atoms with E-state index in [0.717, 1.165) is 0 Å². The highest BCUT2D eigenvalue weighted by molar-refractivity contribution is 6.31.